The predicted molar refractivity (Wildman–Crippen MR) is 124 cm³/mol. The number of cyclic esters (lactones) is 1. The summed E-state index contributed by atoms with van der Waals surface area (Å²) in [6, 6.07) is 3.79. The number of nitrogens with two attached hydrogens (primary N) is 1. The summed E-state index contributed by atoms with van der Waals surface area (Å²) in [6.07, 6.45) is 2.82. The number of benzene rings is 1. The van der Waals surface area contributed by atoms with Crippen molar-refractivity contribution in [2.75, 3.05) is 0 Å². The lowest BCUT2D eigenvalue weighted by molar-refractivity contribution is -0.172. The smallest absolute Gasteiger partial charge is 0.343 e. The minimum absolute atomic E-state index is 0.123. The van der Waals surface area contributed by atoms with Gasteiger partial charge in [0.15, 0.2) is 5.60 Å². The Bertz CT molecular complexity index is 1450. The lowest BCUT2D eigenvalue weighted by atomic mass is 9.80. The van der Waals surface area contributed by atoms with Crippen molar-refractivity contribution in [1.29, 1.82) is 0 Å². The van der Waals surface area contributed by atoms with Crippen molar-refractivity contribution < 1.29 is 14.6 Å². The van der Waals surface area contributed by atoms with Gasteiger partial charge in [0.05, 0.1) is 29.0 Å². The normalized spacial score (nSPS) is 22.7. The molecule has 0 amide bonds. The molecule has 4 heterocycles. The first kappa shape index (κ1) is 20.6. The van der Waals surface area contributed by atoms with E-state index in [0.29, 0.717) is 23.4 Å². The molecule has 1 aromatic carbocycles. The zero-order valence-corrected chi connectivity index (χ0v) is 19.1. The third-order valence-electron chi connectivity index (χ3n) is 7.97. The number of esters is 1. The van der Waals surface area contributed by atoms with Gasteiger partial charge in [-0.25, -0.2) is 9.78 Å². The van der Waals surface area contributed by atoms with E-state index >= 15 is 0 Å². The molecule has 3 aliphatic rings. The summed E-state index contributed by atoms with van der Waals surface area (Å²) in [5, 5.41) is 12.2. The maximum atomic E-state index is 13.5. The number of carbonyl (C=O) groups is 1. The lowest BCUT2D eigenvalue weighted by Crippen LogP contribution is -2.44. The molecule has 7 nitrogen and oxygen atoms in total. The first-order chi connectivity index (χ1) is 15.8. The Morgan fingerprint density at radius 2 is 2.03 bits per heavy atom. The predicted octanol–water partition coefficient (Wildman–Crippen LogP) is 2.90. The highest BCUT2D eigenvalue weighted by Crippen LogP contribution is 2.45. The number of nitrogens with zero attached hydrogens (tertiary/aromatic N) is 2. The van der Waals surface area contributed by atoms with Crippen molar-refractivity contribution in [3.05, 3.63) is 61.4 Å². The summed E-state index contributed by atoms with van der Waals surface area (Å²) in [5.41, 5.74) is 13.5. The first-order valence-corrected chi connectivity index (χ1v) is 11.7. The average Bonchev–Trinajstić information content (AvgIpc) is 3.18. The van der Waals surface area contributed by atoms with Gasteiger partial charge in [-0.2, -0.15) is 0 Å². The van der Waals surface area contributed by atoms with Gasteiger partial charge in [-0.05, 0) is 67.0 Å². The van der Waals surface area contributed by atoms with Crippen LogP contribution in [0.5, 0.6) is 0 Å². The molecule has 170 valence electrons. The Hall–Kier alpha value is -3.03. The molecule has 0 unspecified atom stereocenters. The van der Waals surface area contributed by atoms with Crippen LogP contribution in [0.15, 0.2) is 16.9 Å². The van der Waals surface area contributed by atoms with Gasteiger partial charge in [0.25, 0.3) is 5.56 Å². The summed E-state index contributed by atoms with van der Waals surface area (Å²) >= 11 is 0. The van der Waals surface area contributed by atoms with Gasteiger partial charge in [0, 0.05) is 22.6 Å². The largest absolute Gasteiger partial charge is 0.458 e. The highest BCUT2D eigenvalue weighted by molar-refractivity contribution is 5.93. The Kier molecular flexibility index (Phi) is 4.20. The molecule has 0 spiro atoms. The van der Waals surface area contributed by atoms with Crippen LogP contribution < -0.4 is 11.3 Å². The Morgan fingerprint density at radius 3 is 2.76 bits per heavy atom. The summed E-state index contributed by atoms with van der Waals surface area (Å²) < 4.78 is 6.87. The number of aliphatic hydroxyl groups is 1. The molecule has 6 rings (SSSR count). The molecule has 0 saturated heterocycles. The highest BCUT2D eigenvalue weighted by atomic mass is 16.6. The van der Waals surface area contributed by atoms with Crippen LogP contribution in [0.1, 0.15) is 71.7 Å². The fourth-order valence-electron chi connectivity index (χ4n) is 6.05. The third kappa shape index (κ3) is 2.49. The number of hydrogen-bond acceptors (Lipinski definition) is 6. The third-order valence-corrected chi connectivity index (χ3v) is 7.97. The van der Waals surface area contributed by atoms with E-state index in [1.54, 1.807) is 17.6 Å². The van der Waals surface area contributed by atoms with Crippen molar-refractivity contribution in [3.63, 3.8) is 0 Å². The second-order valence-corrected chi connectivity index (χ2v) is 9.49. The molecular formula is C26H27N3O4. The monoisotopic (exact) mass is 445 g/mol. The van der Waals surface area contributed by atoms with Gasteiger partial charge >= 0.3 is 5.97 Å². The van der Waals surface area contributed by atoms with E-state index in [9.17, 15) is 14.7 Å². The summed E-state index contributed by atoms with van der Waals surface area (Å²) in [4.78, 5) is 31.0. The van der Waals surface area contributed by atoms with Crippen LogP contribution in [0.2, 0.25) is 0 Å². The van der Waals surface area contributed by atoms with Crippen molar-refractivity contribution >= 4 is 16.9 Å². The highest BCUT2D eigenvalue weighted by Gasteiger charge is 2.45. The standard InChI is InChI=1S/C26H27N3O4/c1-4-13-8-19-22-14(12(13)3)6-7-18(27)21(22)15-10-29-20(23(15)28-19)9-17-16(24(29)30)11-33-25(31)26(17,32)5-2/h8-9,18,32H,4-7,10-11,27H2,1-3H3/t18-,26+/m1/s1. The zero-order chi connectivity index (χ0) is 23.2. The average molecular weight is 446 g/mol. The van der Waals surface area contributed by atoms with Crippen molar-refractivity contribution in [2.24, 2.45) is 5.73 Å². The topological polar surface area (TPSA) is 107 Å². The molecule has 2 aromatic heterocycles. The number of fused-ring (bicyclic) bond motifs is 5. The van der Waals surface area contributed by atoms with Crippen molar-refractivity contribution in [1.82, 2.24) is 9.55 Å². The first-order valence-electron chi connectivity index (χ1n) is 11.7. The molecule has 33 heavy (non-hydrogen) atoms. The summed E-state index contributed by atoms with van der Waals surface area (Å²) in [5.74, 6) is -0.712. The van der Waals surface area contributed by atoms with E-state index in [2.05, 4.69) is 19.9 Å². The number of aromatic nitrogens is 2. The quantitative estimate of drug-likeness (QED) is 0.460. The van der Waals surface area contributed by atoms with Gasteiger partial charge < -0.3 is 20.1 Å². The van der Waals surface area contributed by atoms with Gasteiger partial charge in [-0.1, -0.05) is 13.8 Å². The Morgan fingerprint density at radius 1 is 1.24 bits per heavy atom. The molecule has 3 aromatic rings. The molecular weight excluding hydrogens is 418 g/mol. The van der Waals surface area contributed by atoms with Crippen LogP contribution in [0, 0.1) is 6.92 Å². The molecule has 3 N–H and O–H groups in total. The second-order valence-electron chi connectivity index (χ2n) is 9.49. The second kappa shape index (κ2) is 6.74. The molecule has 0 saturated carbocycles. The van der Waals surface area contributed by atoms with Gasteiger partial charge in [0.1, 0.15) is 6.61 Å². The van der Waals surface area contributed by atoms with Gasteiger partial charge in [-0.15, -0.1) is 0 Å². The molecule has 2 aliphatic heterocycles. The number of pyridine rings is 2. The van der Waals surface area contributed by atoms with E-state index in [1.807, 2.05) is 0 Å². The van der Waals surface area contributed by atoms with Gasteiger partial charge in [0.2, 0.25) is 0 Å². The minimum Gasteiger partial charge on any atom is -0.458 e. The fraction of sp³-hybridized carbons (Fsp3) is 0.423. The van der Waals surface area contributed by atoms with Crippen LogP contribution in [0.3, 0.4) is 0 Å². The lowest BCUT2D eigenvalue weighted by Gasteiger charge is -2.31. The van der Waals surface area contributed by atoms with Crippen LogP contribution in [0.25, 0.3) is 22.3 Å². The SMILES string of the molecule is CCc1cc2nc3c(c4c2c(c1C)CC[C@H]4N)Cn1c-3cc2c(c1=O)COC(=O)[C@]2(O)CC. The maximum absolute atomic E-state index is 13.5. The fourth-order valence-corrected chi connectivity index (χ4v) is 6.05. The molecule has 2 atom stereocenters. The molecule has 0 radical (unpaired) electrons. The number of aryl methyl sites for hydroxylation is 2. The van der Waals surface area contributed by atoms with E-state index in [0.717, 1.165) is 47.0 Å². The molecule has 0 fully saturated rings. The van der Waals surface area contributed by atoms with Gasteiger partial charge in [-0.3, -0.25) is 4.79 Å². The van der Waals surface area contributed by atoms with Crippen molar-refractivity contribution in [3.8, 4) is 11.4 Å². The Balaban J connectivity index is 1.70. The molecule has 0 bridgehead atoms. The van der Waals surface area contributed by atoms with E-state index in [1.165, 1.54) is 16.7 Å². The van der Waals surface area contributed by atoms with Crippen LogP contribution in [0.4, 0.5) is 0 Å². The number of ether oxygens (including phenoxy) is 1. The van der Waals surface area contributed by atoms with E-state index in [-0.39, 0.29) is 24.6 Å². The molecule has 1 aliphatic carbocycles. The van der Waals surface area contributed by atoms with Crippen molar-refractivity contribution in [2.45, 2.75) is 71.2 Å². The van der Waals surface area contributed by atoms with Crippen LogP contribution in [-0.2, 0) is 41.1 Å². The van der Waals surface area contributed by atoms with Crippen LogP contribution in [-0.4, -0.2) is 20.6 Å². The molecule has 7 heteroatoms. The minimum atomic E-state index is -1.83. The summed E-state index contributed by atoms with van der Waals surface area (Å²) in [6.45, 7) is 6.29. The maximum Gasteiger partial charge on any atom is 0.343 e. The zero-order valence-electron chi connectivity index (χ0n) is 19.1. The van der Waals surface area contributed by atoms with E-state index < -0.39 is 11.6 Å². The Labute approximate surface area is 191 Å². The summed E-state index contributed by atoms with van der Waals surface area (Å²) in [7, 11) is 0. The van der Waals surface area contributed by atoms with Crippen LogP contribution >= 0.6 is 0 Å². The number of carbonyl (C=O) groups excluding carboxylic acids is 1. The van der Waals surface area contributed by atoms with E-state index in [4.69, 9.17) is 15.5 Å². The number of rotatable bonds is 2. The number of hydrogen-bond donors (Lipinski definition) is 2.